The van der Waals surface area contributed by atoms with Gasteiger partial charge in [0, 0.05) is 80.7 Å². The Morgan fingerprint density at radius 2 is 0.588 bits per heavy atom. The van der Waals surface area contributed by atoms with E-state index >= 15 is 0 Å². The Kier molecular flexibility index (Phi) is 13.8. The Bertz CT molecular complexity index is 6720. The van der Waals surface area contributed by atoms with Crippen LogP contribution in [0.2, 0.25) is 0 Å². The summed E-state index contributed by atoms with van der Waals surface area (Å²) < 4.78 is 180. The van der Waals surface area contributed by atoms with Gasteiger partial charge in [-0.3, -0.25) is 0 Å². The summed E-state index contributed by atoms with van der Waals surface area (Å²) >= 11 is 0. The Balaban J connectivity index is 1.16. The molecule has 572 valence electrons. The van der Waals surface area contributed by atoms with Crippen LogP contribution in [0.4, 0.5) is 34.1 Å². The molecule has 17 rings (SSSR count). The van der Waals surface area contributed by atoms with Gasteiger partial charge in [0.2, 0.25) is 0 Å². The Morgan fingerprint density at radius 1 is 0.298 bits per heavy atom. The van der Waals surface area contributed by atoms with Gasteiger partial charge in [0.05, 0.1) is 55.4 Å². The molecule has 0 amide bonds. The summed E-state index contributed by atoms with van der Waals surface area (Å²) in [7, 11) is 0. The van der Waals surface area contributed by atoms with Crippen LogP contribution in [0.25, 0.3) is 99.5 Å². The second-order valence-electron chi connectivity index (χ2n) is 39.3. The van der Waals surface area contributed by atoms with Gasteiger partial charge >= 0.3 is 0 Å². The molecule has 2 aliphatic rings. The molecule has 2 aliphatic heterocycles. The van der Waals surface area contributed by atoms with Crippen LogP contribution in [-0.4, -0.2) is 15.8 Å². The number of fused-ring (bicyclic) bond motifs is 10. The number of benzene rings is 13. The van der Waals surface area contributed by atoms with Crippen molar-refractivity contribution in [2.45, 2.75) is 186 Å². The van der Waals surface area contributed by atoms with Crippen LogP contribution in [0.1, 0.15) is 209 Å². The van der Waals surface area contributed by atoms with Crippen molar-refractivity contribution in [1.82, 2.24) is 9.13 Å². The first-order valence-electron chi connectivity index (χ1n) is 49.2. The number of hydrogen-bond donors (Lipinski definition) is 0. The molecule has 13 aromatic carbocycles. The average Bonchev–Trinajstić information content (AvgIpc) is 0.804. The van der Waals surface area contributed by atoms with E-state index in [-0.39, 0.29) is 93.0 Å². The Labute approximate surface area is 705 Å². The summed E-state index contributed by atoms with van der Waals surface area (Å²) in [6, 6.07) is 50.8. The second kappa shape index (κ2) is 27.4. The lowest BCUT2D eigenvalue weighted by Crippen LogP contribution is -2.61. The zero-order valence-electron chi connectivity index (χ0n) is 87.9. The molecule has 0 radical (unpaired) electrons. The van der Waals surface area contributed by atoms with Crippen LogP contribution in [0.5, 0.6) is 0 Å². The summed E-state index contributed by atoms with van der Waals surface area (Å²) in [6.45, 7) is 44.5. The monoisotopic (exact) mass is 1510 g/mol. The molecule has 15 aromatic rings. The first-order valence-corrected chi connectivity index (χ1v) is 40.2. The smallest absolute Gasteiger partial charge is 0.252 e. The molecule has 0 spiro atoms. The van der Waals surface area contributed by atoms with Crippen molar-refractivity contribution in [3.05, 3.63) is 305 Å². The molecule has 0 atom stereocenters. The minimum Gasteiger partial charge on any atom is -0.310 e. The van der Waals surface area contributed by atoms with Gasteiger partial charge in [0.25, 0.3) is 6.71 Å². The normalized spacial score (nSPS) is 15.9. The van der Waals surface area contributed by atoms with Crippen LogP contribution >= 0.6 is 0 Å². The molecule has 4 nitrogen and oxygen atoms in total. The van der Waals surface area contributed by atoms with Crippen LogP contribution in [0, 0.1) is 16.2 Å². The van der Waals surface area contributed by atoms with Crippen LogP contribution in [-0.2, 0) is 40.9 Å². The number of anilines is 6. The Morgan fingerprint density at radius 3 is 0.860 bits per heavy atom. The van der Waals surface area contributed by atoms with Gasteiger partial charge in [-0.05, 0) is 220 Å². The number of rotatable bonds is 11. The van der Waals surface area contributed by atoms with Crippen molar-refractivity contribution in [2.24, 2.45) is 16.2 Å². The van der Waals surface area contributed by atoms with Gasteiger partial charge in [0.1, 0.15) is 0 Å². The third-order valence-electron chi connectivity index (χ3n) is 22.6. The van der Waals surface area contributed by atoms with Crippen molar-refractivity contribution in [2.75, 3.05) is 9.80 Å². The number of para-hydroxylation sites is 4. The molecule has 0 bridgehead atoms. The van der Waals surface area contributed by atoms with E-state index in [0.29, 0.717) is 63.4 Å². The predicted octanol–water partition coefficient (Wildman–Crippen LogP) is 28.6. The molecule has 0 saturated heterocycles. The van der Waals surface area contributed by atoms with E-state index in [4.69, 9.17) is 0 Å². The highest BCUT2D eigenvalue weighted by Gasteiger charge is 2.47. The van der Waals surface area contributed by atoms with E-state index in [1.807, 2.05) is 69.3 Å². The fraction of sp³-hybridized carbons (Fsp3) is 0.284. The van der Waals surface area contributed by atoms with Crippen molar-refractivity contribution >= 4 is 101 Å². The average molecular weight is 1510 g/mol. The second-order valence-corrected chi connectivity index (χ2v) is 39.3. The fourth-order valence-electron chi connectivity index (χ4n) is 17.4. The van der Waals surface area contributed by atoms with Gasteiger partial charge in [-0.15, -0.1) is 0 Å². The molecular weight excluding hydrogens is 1380 g/mol. The molecule has 0 fully saturated rings. The summed E-state index contributed by atoms with van der Waals surface area (Å²) in [5.41, 5.74) is 15.6. The molecule has 4 heterocycles. The maximum atomic E-state index is 11.2. The quantitative estimate of drug-likeness (QED) is 0.120. The largest absolute Gasteiger partial charge is 0.310 e. The van der Waals surface area contributed by atoms with E-state index in [9.17, 15) is 24.7 Å². The standard InChI is InChI=1S/C109H113BN4/c1-103(2,3)66-69-54-86(72-34-30-38-76(60-72)106(10,11)12)101(87(55-69)73-35-31-39-77(61-73)107(13,14)15)113-96-64-80(111-92-46-26-22-42-82(92)83-43-23-27-47-93(83)111)50-52-90(96)110-91-53-51-81(112-94-48-28-24-44-84(94)85-45-25-29-49-95(85)112)65-97(91)114(99-59-71(68-105(7,8)9)58-98(113)100(99)110)102-88(74-36-32-40-78(62-74)108(16,17)18)56-70(67-104(4,5)6)57-89(102)75-37-33-41-79(63-75)109(19,20)21/h22-65H,66-68H2,1-21H3/i22D,23D,24D,25D,26D,27D,28D,29D,42D,43D,44D,45D,46D,47D,48D,49D,68D2. The minimum atomic E-state index is -2.24. The maximum Gasteiger partial charge on any atom is 0.252 e. The zero-order chi connectivity index (χ0) is 96.0. The highest BCUT2D eigenvalue weighted by Crippen LogP contribution is 2.56. The summed E-state index contributed by atoms with van der Waals surface area (Å²) in [5.74, 6) is 0. The van der Waals surface area contributed by atoms with E-state index in [1.54, 1.807) is 9.13 Å². The highest BCUT2D eigenvalue weighted by molar-refractivity contribution is 7.00. The zero-order valence-corrected chi connectivity index (χ0v) is 69.9. The molecule has 0 aliphatic carbocycles. The number of aromatic nitrogens is 2. The van der Waals surface area contributed by atoms with Crippen LogP contribution in [0.15, 0.2) is 267 Å². The first-order chi connectivity index (χ1) is 61.3. The summed E-state index contributed by atoms with van der Waals surface area (Å²) in [4.78, 5) is 4.55. The SMILES string of the molecule is [2H]c1c([2H])c([2H])c2c(c1[2H])c1c([2H])c([2H])c([2H])c([2H])c1n2-c1ccc2c(c1)N(c1c(-c3cccc(C(C)(C)C)c3)cc(CC(C)(C)C)cc1-c1cccc(C(C)(C)C)c1)c1cc(C([2H])([2H])C(C)(C)C)cc3c1B2c1ccc(-n2c4c([2H])c([2H])c([2H])c([2H])c4c4c([2H])c([2H])c([2H])c([2H])c42)cc1N3c1c(-c2cccc(C(C)(C)C)c2)cc(CC(C)(C)C)cc1-c1cccc(C(C)(C)C)c1. The molecular formula is C109H113BN4. The van der Waals surface area contributed by atoms with Crippen LogP contribution in [0.3, 0.4) is 0 Å². The Hall–Kier alpha value is -10.9. The maximum absolute atomic E-state index is 11.2. The molecule has 2 aromatic heterocycles. The van der Waals surface area contributed by atoms with E-state index in [1.165, 1.54) is 0 Å². The van der Waals surface area contributed by atoms with Gasteiger partial charge in [0.15, 0.2) is 0 Å². The van der Waals surface area contributed by atoms with Gasteiger partial charge < -0.3 is 18.9 Å². The first kappa shape index (κ1) is 57.2. The van der Waals surface area contributed by atoms with Gasteiger partial charge in [-0.1, -0.05) is 327 Å². The van der Waals surface area contributed by atoms with E-state index in [0.717, 1.165) is 77.9 Å². The lowest BCUT2D eigenvalue weighted by atomic mass is 9.33. The molecule has 0 saturated carbocycles. The van der Waals surface area contributed by atoms with Crippen molar-refractivity contribution in [3.8, 4) is 55.9 Å². The number of nitrogens with zero attached hydrogens (tertiary/aromatic N) is 4. The fourth-order valence-corrected chi connectivity index (χ4v) is 17.4. The lowest BCUT2D eigenvalue weighted by Gasteiger charge is -2.46. The van der Waals surface area contributed by atoms with Crippen molar-refractivity contribution < 1.29 is 24.7 Å². The van der Waals surface area contributed by atoms with E-state index < -0.39 is 115 Å². The van der Waals surface area contributed by atoms with Crippen molar-refractivity contribution in [1.29, 1.82) is 0 Å². The molecule has 0 unspecified atom stereocenters. The number of hydrogen-bond acceptors (Lipinski definition) is 2. The highest BCUT2D eigenvalue weighted by atomic mass is 15.2. The van der Waals surface area contributed by atoms with Crippen molar-refractivity contribution in [3.63, 3.8) is 0 Å². The third kappa shape index (κ3) is 13.9. The van der Waals surface area contributed by atoms with E-state index in [2.05, 4.69) is 256 Å². The van der Waals surface area contributed by atoms with Gasteiger partial charge in [-0.25, -0.2) is 0 Å². The van der Waals surface area contributed by atoms with Gasteiger partial charge in [-0.2, -0.15) is 0 Å². The van der Waals surface area contributed by atoms with Crippen LogP contribution < -0.4 is 26.2 Å². The summed E-state index contributed by atoms with van der Waals surface area (Å²) in [5, 5.41) is -0.426. The topological polar surface area (TPSA) is 16.3 Å². The third-order valence-corrected chi connectivity index (χ3v) is 22.6. The molecule has 0 N–H and O–H groups in total. The molecule has 114 heavy (non-hydrogen) atoms. The summed E-state index contributed by atoms with van der Waals surface area (Å²) in [6.07, 6.45) is -0.991. The minimum absolute atomic E-state index is 0.0910. The molecule has 5 heteroatoms. The predicted molar refractivity (Wildman–Crippen MR) is 495 cm³/mol. The lowest BCUT2D eigenvalue weighted by molar-refractivity contribution is 0.411.